The summed E-state index contributed by atoms with van der Waals surface area (Å²) >= 11 is 0. The molecule has 0 aromatic carbocycles. The first-order valence-electron chi connectivity index (χ1n) is 5.31. The molecular weight excluding hydrogens is 220 g/mol. The lowest BCUT2D eigenvalue weighted by Gasteiger charge is -2.14. The van der Waals surface area contributed by atoms with Gasteiger partial charge in [0.15, 0.2) is 6.29 Å². The van der Waals surface area contributed by atoms with Crippen molar-refractivity contribution in [1.82, 2.24) is 9.55 Å². The highest BCUT2D eigenvalue weighted by Crippen LogP contribution is 2.10. The maximum atomic E-state index is 11.8. The van der Waals surface area contributed by atoms with Gasteiger partial charge in [-0.05, 0) is 19.1 Å². The van der Waals surface area contributed by atoms with E-state index in [1.807, 2.05) is 19.1 Å². The van der Waals surface area contributed by atoms with Crippen LogP contribution in [0.5, 0.6) is 0 Å². The van der Waals surface area contributed by atoms with Crippen LogP contribution in [0.1, 0.15) is 18.3 Å². The lowest BCUT2D eigenvalue weighted by atomic mass is 10.3. The van der Waals surface area contributed by atoms with Crippen LogP contribution in [0.4, 0.5) is 0 Å². The van der Waals surface area contributed by atoms with E-state index in [0.717, 1.165) is 5.69 Å². The number of nitrogens with one attached hydrogen (secondary N) is 1. The van der Waals surface area contributed by atoms with Crippen molar-refractivity contribution >= 4 is 12.2 Å². The maximum Gasteiger partial charge on any atom is 0.326 e. The first-order valence-corrected chi connectivity index (χ1v) is 5.31. The number of ether oxygens (including phenoxy) is 2. The van der Waals surface area contributed by atoms with Crippen molar-refractivity contribution in [3.05, 3.63) is 34.5 Å². The number of hydrogen-bond donors (Lipinski definition) is 1. The molecule has 0 fully saturated rings. The summed E-state index contributed by atoms with van der Waals surface area (Å²) in [6, 6.07) is 0. The fourth-order valence-corrected chi connectivity index (χ4v) is 1.57. The molecule has 1 aromatic heterocycles. The van der Waals surface area contributed by atoms with Gasteiger partial charge >= 0.3 is 5.69 Å². The first-order chi connectivity index (χ1) is 8.17. The number of aromatic nitrogens is 2. The summed E-state index contributed by atoms with van der Waals surface area (Å²) in [5.74, 6) is 0. The van der Waals surface area contributed by atoms with Crippen LogP contribution in [0.25, 0.3) is 12.2 Å². The lowest BCUT2D eigenvalue weighted by Crippen LogP contribution is -2.28. The van der Waals surface area contributed by atoms with Crippen LogP contribution in [0.3, 0.4) is 0 Å². The second-order valence-electron chi connectivity index (χ2n) is 3.44. The maximum absolute atomic E-state index is 11.8. The molecule has 1 rings (SSSR count). The van der Waals surface area contributed by atoms with E-state index in [-0.39, 0.29) is 5.69 Å². The molecule has 0 saturated heterocycles. The highest BCUT2D eigenvalue weighted by molar-refractivity contribution is 5.58. The topological polar surface area (TPSA) is 56.2 Å². The minimum absolute atomic E-state index is 0.202. The van der Waals surface area contributed by atoms with Crippen LogP contribution < -0.4 is 5.69 Å². The second-order valence-corrected chi connectivity index (χ2v) is 3.44. The quantitative estimate of drug-likeness (QED) is 0.763. The fourth-order valence-electron chi connectivity index (χ4n) is 1.57. The largest absolute Gasteiger partial charge is 0.354 e. The summed E-state index contributed by atoms with van der Waals surface area (Å²) in [4.78, 5) is 14.5. The van der Waals surface area contributed by atoms with Crippen LogP contribution in [-0.4, -0.2) is 30.1 Å². The fraction of sp³-hybridized carbons (Fsp3) is 0.417. The summed E-state index contributed by atoms with van der Waals surface area (Å²) < 4.78 is 11.7. The van der Waals surface area contributed by atoms with Gasteiger partial charge in [0.2, 0.25) is 0 Å². The Morgan fingerprint density at radius 1 is 1.47 bits per heavy atom. The van der Waals surface area contributed by atoms with E-state index in [0.29, 0.717) is 12.2 Å². The molecule has 1 N–H and O–H groups in total. The summed E-state index contributed by atoms with van der Waals surface area (Å²) in [5, 5.41) is 0. The first kappa shape index (κ1) is 13.5. The van der Waals surface area contributed by atoms with Crippen molar-refractivity contribution in [2.45, 2.75) is 19.8 Å². The smallest absolute Gasteiger partial charge is 0.326 e. The van der Waals surface area contributed by atoms with Gasteiger partial charge in [-0.25, -0.2) is 4.79 Å². The Kier molecular flexibility index (Phi) is 4.93. The van der Waals surface area contributed by atoms with E-state index >= 15 is 0 Å². The van der Waals surface area contributed by atoms with Crippen molar-refractivity contribution in [1.29, 1.82) is 0 Å². The highest BCUT2D eigenvalue weighted by Gasteiger charge is 2.14. The molecule has 0 saturated carbocycles. The molecule has 94 valence electrons. The molecule has 0 amide bonds. The van der Waals surface area contributed by atoms with E-state index in [1.54, 1.807) is 10.6 Å². The van der Waals surface area contributed by atoms with Gasteiger partial charge in [-0.15, -0.1) is 0 Å². The number of hydrogen-bond acceptors (Lipinski definition) is 3. The molecule has 0 aliphatic carbocycles. The van der Waals surface area contributed by atoms with Crippen molar-refractivity contribution in [2.75, 3.05) is 14.2 Å². The SMILES string of the molecule is C=Cc1[nH]c(=O)n(CC(OC)OC)c1/C=C\C. The molecule has 0 unspecified atom stereocenters. The van der Waals surface area contributed by atoms with E-state index < -0.39 is 6.29 Å². The number of methoxy groups -OCH3 is 2. The molecule has 0 aliphatic heterocycles. The third-order valence-corrected chi connectivity index (χ3v) is 2.44. The number of allylic oxidation sites excluding steroid dienone is 1. The Hall–Kier alpha value is -1.59. The van der Waals surface area contributed by atoms with E-state index in [2.05, 4.69) is 11.6 Å². The molecular formula is C12H18N2O3. The number of H-pyrrole nitrogens is 1. The minimum Gasteiger partial charge on any atom is -0.354 e. The molecule has 0 bridgehead atoms. The average molecular weight is 238 g/mol. The molecule has 5 heteroatoms. The van der Waals surface area contributed by atoms with E-state index in [9.17, 15) is 4.79 Å². The van der Waals surface area contributed by atoms with Gasteiger partial charge in [0, 0.05) is 14.2 Å². The van der Waals surface area contributed by atoms with Gasteiger partial charge in [-0.3, -0.25) is 4.57 Å². The third kappa shape index (κ3) is 2.95. The summed E-state index contributed by atoms with van der Waals surface area (Å²) in [5.41, 5.74) is 1.26. The monoisotopic (exact) mass is 238 g/mol. The Labute approximate surface area is 100 Å². The van der Waals surface area contributed by atoms with Gasteiger partial charge in [0.1, 0.15) is 0 Å². The second kappa shape index (κ2) is 6.22. The van der Waals surface area contributed by atoms with Crippen molar-refractivity contribution in [3.63, 3.8) is 0 Å². The number of rotatable bonds is 6. The number of nitrogens with zero attached hydrogens (tertiary/aromatic N) is 1. The van der Waals surface area contributed by atoms with Crippen LogP contribution in [0.15, 0.2) is 17.4 Å². The molecule has 0 atom stereocenters. The Morgan fingerprint density at radius 3 is 2.59 bits per heavy atom. The standard InChI is InChI=1S/C12H18N2O3/c1-5-7-10-9(6-2)13-12(15)14(10)8-11(16-3)17-4/h5-7,11H,2,8H2,1,3-4H3,(H,13,15)/b7-5-. The molecule has 17 heavy (non-hydrogen) atoms. The van der Waals surface area contributed by atoms with Gasteiger partial charge in [0.25, 0.3) is 0 Å². The number of imidazole rings is 1. The van der Waals surface area contributed by atoms with Crippen LogP contribution in [0.2, 0.25) is 0 Å². The van der Waals surface area contributed by atoms with Crippen LogP contribution >= 0.6 is 0 Å². The zero-order valence-corrected chi connectivity index (χ0v) is 10.4. The zero-order chi connectivity index (χ0) is 12.8. The summed E-state index contributed by atoms with van der Waals surface area (Å²) in [7, 11) is 3.07. The molecule has 5 nitrogen and oxygen atoms in total. The Morgan fingerprint density at radius 2 is 2.12 bits per heavy atom. The summed E-state index contributed by atoms with van der Waals surface area (Å²) in [6.45, 7) is 5.88. The molecule has 0 radical (unpaired) electrons. The van der Waals surface area contributed by atoms with Gasteiger partial charge in [-0.1, -0.05) is 12.7 Å². The van der Waals surface area contributed by atoms with Gasteiger partial charge < -0.3 is 14.5 Å². The number of aromatic amines is 1. The molecule has 0 aliphatic rings. The normalized spacial score (nSPS) is 11.5. The van der Waals surface area contributed by atoms with E-state index in [1.165, 1.54) is 14.2 Å². The van der Waals surface area contributed by atoms with Crippen molar-refractivity contribution < 1.29 is 9.47 Å². The Balaban J connectivity index is 3.17. The van der Waals surface area contributed by atoms with Gasteiger partial charge in [0.05, 0.1) is 17.9 Å². The molecule has 1 aromatic rings. The highest BCUT2D eigenvalue weighted by atomic mass is 16.7. The predicted molar refractivity (Wildman–Crippen MR) is 67.7 cm³/mol. The molecule has 0 spiro atoms. The third-order valence-electron chi connectivity index (χ3n) is 2.44. The van der Waals surface area contributed by atoms with Crippen LogP contribution in [-0.2, 0) is 16.0 Å². The van der Waals surface area contributed by atoms with Gasteiger partial charge in [-0.2, -0.15) is 0 Å². The zero-order valence-electron chi connectivity index (χ0n) is 10.4. The Bertz CT molecular complexity index is 453. The van der Waals surface area contributed by atoms with Crippen LogP contribution in [0, 0.1) is 0 Å². The molecule has 1 heterocycles. The van der Waals surface area contributed by atoms with Crippen molar-refractivity contribution in [3.8, 4) is 0 Å². The predicted octanol–water partition coefficient (Wildman–Crippen LogP) is 1.47. The van der Waals surface area contributed by atoms with Crippen molar-refractivity contribution in [2.24, 2.45) is 0 Å². The average Bonchev–Trinajstić information content (AvgIpc) is 2.63. The van der Waals surface area contributed by atoms with E-state index in [4.69, 9.17) is 9.47 Å². The summed E-state index contributed by atoms with van der Waals surface area (Å²) in [6.07, 6.45) is 4.87. The minimum atomic E-state index is -0.454. The lowest BCUT2D eigenvalue weighted by molar-refractivity contribution is -0.111.